The van der Waals surface area contributed by atoms with Crippen LogP contribution in [0.4, 0.5) is 4.39 Å². The van der Waals surface area contributed by atoms with Gasteiger partial charge < -0.3 is 4.74 Å². The van der Waals surface area contributed by atoms with E-state index in [2.05, 4.69) is 35.9 Å². The minimum Gasteiger partial charge on any atom is -0.419 e. The number of hydrogen-bond donors (Lipinski definition) is 0. The zero-order chi connectivity index (χ0) is 29.8. The van der Waals surface area contributed by atoms with Gasteiger partial charge in [0.15, 0.2) is 17.3 Å². The van der Waals surface area contributed by atoms with Gasteiger partial charge in [0.2, 0.25) is 0 Å². The summed E-state index contributed by atoms with van der Waals surface area (Å²) in [6, 6.07) is 13.2. The van der Waals surface area contributed by atoms with E-state index in [0.29, 0.717) is 5.69 Å². The number of carbonyl (C=O) groups is 1. The van der Waals surface area contributed by atoms with Crippen molar-refractivity contribution in [1.29, 1.82) is 0 Å². The van der Waals surface area contributed by atoms with Crippen LogP contribution in [0.2, 0.25) is 0 Å². The molecule has 4 nitrogen and oxygen atoms in total. The van der Waals surface area contributed by atoms with E-state index in [-0.39, 0.29) is 11.4 Å². The van der Waals surface area contributed by atoms with Crippen molar-refractivity contribution in [3.8, 4) is 17.0 Å². The second-order valence-electron chi connectivity index (χ2n) is 11.6. The number of nitrogens with zero attached hydrogens (tertiary/aromatic N) is 2. The number of aryl methyl sites for hydroxylation is 2. The Morgan fingerprint density at radius 1 is 0.643 bits per heavy atom. The molecule has 0 aliphatic carbocycles. The average Bonchev–Trinajstić information content (AvgIpc) is 3.01. The summed E-state index contributed by atoms with van der Waals surface area (Å²) >= 11 is 0. The third-order valence-electron chi connectivity index (χ3n) is 7.95. The molecular formula is C37H51FN2O2. The molecule has 0 atom stereocenters. The third-order valence-corrected chi connectivity index (χ3v) is 7.95. The van der Waals surface area contributed by atoms with E-state index < -0.39 is 11.8 Å². The number of halogens is 1. The highest BCUT2D eigenvalue weighted by Gasteiger charge is 2.15. The summed E-state index contributed by atoms with van der Waals surface area (Å²) in [5.41, 5.74) is 3.92. The minimum absolute atomic E-state index is 0.0486. The quantitative estimate of drug-likeness (QED) is 0.0721. The van der Waals surface area contributed by atoms with E-state index in [0.717, 1.165) is 36.8 Å². The molecule has 3 rings (SSSR count). The summed E-state index contributed by atoms with van der Waals surface area (Å²) in [6.45, 7) is 4.49. The van der Waals surface area contributed by atoms with E-state index in [1.807, 2.05) is 18.2 Å². The SMILES string of the molecule is CCCCCCCCCCc1ccc(-c2cnc(C(=O)Oc3ccc(CCCCCCCCCC)cc3F)cn2)cc1. The van der Waals surface area contributed by atoms with Crippen LogP contribution in [0.1, 0.15) is 138 Å². The van der Waals surface area contributed by atoms with E-state index in [4.69, 9.17) is 4.74 Å². The van der Waals surface area contributed by atoms with Crippen molar-refractivity contribution in [2.75, 3.05) is 0 Å². The lowest BCUT2D eigenvalue weighted by atomic mass is 10.0. The molecule has 0 saturated carbocycles. The van der Waals surface area contributed by atoms with Crippen molar-refractivity contribution in [2.45, 2.75) is 129 Å². The van der Waals surface area contributed by atoms with Gasteiger partial charge in [-0.25, -0.2) is 14.2 Å². The number of hydrogen-bond acceptors (Lipinski definition) is 4. The van der Waals surface area contributed by atoms with Crippen LogP contribution >= 0.6 is 0 Å². The Labute approximate surface area is 253 Å². The van der Waals surface area contributed by atoms with Gasteiger partial charge in [-0.15, -0.1) is 0 Å². The molecule has 1 heterocycles. The molecule has 42 heavy (non-hydrogen) atoms. The highest BCUT2D eigenvalue weighted by Crippen LogP contribution is 2.22. The summed E-state index contributed by atoms with van der Waals surface area (Å²) < 4.78 is 20.0. The van der Waals surface area contributed by atoms with Gasteiger partial charge in [-0.2, -0.15) is 0 Å². The van der Waals surface area contributed by atoms with Gasteiger partial charge in [-0.05, 0) is 48.9 Å². The number of ether oxygens (including phenoxy) is 1. The van der Waals surface area contributed by atoms with Crippen molar-refractivity contribution in [3.63, 3.8) is 0 Å². The number of esters is 1. The Bertz CT molecular complexity index is 1160. The fraction of sp³-hybridized carbons (Fsp3) is 0.541. The summed E-state index contributed by atoms with van der Waals surface area (Å²) in [7, 11) is 0. The molecule has 0 saturated heterocycles. The van der Waals surface area contributed by atoms with Crippen molar-refractivity contribution in [3.05, 3.63) is 77.5 Å². The third kappa shape index (κ3) is 12.4. The first-order chi connectivity index (χ1) is 20.6. The standard InChI is InChI=1S/C37H51FN2O2/c1-3-5-7-9-11-13-15-17-19-30-21-24-32(25-22-30)34-28-40-35(29-39-34)37(41)42-36-26-23-31(27-33(36)38)20-18-16-14-12-10-8-6-4-2/h21-29H,3-20H2,1-2H3. The predicted molar refractivity (Wildman–Crippen MR) is 171 cm³/mol. The molecular weight excluding hydrogens is 523 g/mol. The molecule has 0 radical (unpaired) electrons. The van der Waals surface area contributed by atoms with E-state index >= 15 is 0 Å². The molecule has 0 fully saturated rings. The van der Waals surface area contributed by atoms with Crippen molar-refractivity contribution >= 4 is 5.97 Å². The van der Waals surface area contributed by atoms with Crippen LogP contribution in [0.5, 0.6) is 5.75 Å². The summed E-state index contributed by atoms with van der Waals surface area (Å²) in [4.78, 5) is 21.2. The second kappa shape index (κ2) is 19.9. The first-order valence-electron chi connectivity index (χ1n) is 16.5. The van der Waals surface area contributed by atoms with Gasteiger partial charge in [0.25, 0.3) is 0 Å². The molecule has 1 aromatic heterocycles. The van der Waals surface area contributed by atoms with Gasteiger partial charge in [0.1, 0.15) is 0 Å². The Morgan fingerprint density at radius 3 is 1.69 bits per heavy atom. The minimum atomic E-state index is -0.718. The van der Waals surface area contributed by atoms with Crippen LogP contribution in [0.3, 0.4) is 0 Å². The average molecular weight is 575 g/mol. The van der Waals surface area contributed by atoms with Gasteiger partial charge in [-0.1, -0.05) is 134 Å². The maximum Gasteiger partial charge on any atom is 0.364 e. The molecule has 0 N–H and O–H groups in total. The number of benzene rings is 2. The van der Waals surface area contributed by atoms with Gasteiger partial charge in [0.05, 0.1) is 18.1 Å². The Kier molecular flexibility index (Phi) is 15.9. The van der Waals surface area contributed by atoms with Crippen LogP contribution in [-0.4, -0.2) is 15.9 Å². The van der Waals surface area contributed by atoms with Gasteiger partial charge >= 0.3 is 5.97 Å². The lowest BCUT2D eigenvalue weighted by molar-refractivity contribution is 0.0721. The molecule has 2 aromatic carbocycles. The van der Waals surface area contributed by atoms with Crippen LogP contribution < -0.4 is 4.74 Å². The van der Waals surface area contributed by atoms with Crippen molar-refractivity contribution in [2.24, 2.45) is 0 Å². The zero-order valence-corrected chi connectivity index (χ0v) is 26.0. The van der Waals surface area contributed by atoms with Crippen LogP contribution in [0.15, 0.2) is 54.9 Å². The van der Waals surface area contributed by atoms with Crippen LogP contribution in [0.25, 0.3) is 11.3 Å². The molecule has 0 aliphatic rings. The molecule has 0 amide bonds. The highest BCUT2D eigenvalue weighted by molar-refractivity contribution is 5.88. The van der Waals surface area contributed by atoms with Gasteiger partial charge in [0, 0.05) is 5.56 Å². The Hall–Kier alpha value is -3.08. The first-order valence-corrected chi connectivity index (χ1v) is 16.5. The van der Waals surface area contributed by atoms with Crippen molar-refractivity contribution < 1.29 is 13.9 Å². The smallest absolute Gasteiger partial charge is 0.364 e. The van der Waals surface area contributed by atoms with Crippen LogP contribution in [0, 0.1) is 5.82 Å². The first kappa shape index (κ1) is 33.4. The largest absolute Gasteiger partial charge is 0.419 e. The molecule has 0 bridgehead atoms. The summed E-state index contributed by atoms with van der Waals surface area (Å²) in [6.07, 6.45) is 25.3. The lowest BCUT2D eigenvalue weighted by Crippen LogP contribution is -2.12. The molecule has 0 aliphatic heterocycles. The van der Waals surface area contributed by atoms with E-state index in [1.165, 1.54) is 114 Å². The molecule has 228 valence electrons. The number of aromatic nitrogens is 2. The topological polar surface area (TPSA) is 52.1 Å². The fourth-order valence-electron chi connectivity index (χ4n) is 5.29. The van der Waals surface area contributed by atoms with E-state index in [1.54, 1.807) is 6.20 Å². The molecule has 3 aromatic rings. The fourth-order valence-corrected chi connectivity index (χ4v) is 5.29. The van der Waals surface area contributed by atoms with E-state index in [9.17, 15) is 9.18 Å². The maximum atomic E-state index is 14.7. The van der Waals surface area contributed by atoms with Crippen LogP contribution in [-0.2, 0) is 12.8 Å². The number of unbranched alkanes of at least 4 members (excludes halogenated alkanes) is 14. The summed E-state index contributed by atoms with van der Waals surface area (Å²) in [5.74, 6) is -1.33. The Balaban J connectivity index is 1.40. The molecule has 5 heteroatoms. The lowest BCUT2D eigenvalue weighted by Gasteiger charge is -2.08. The molecule has 0 unspecified atom stereocenters. The number of carbonyl (C=O) groups excluding carboxylic acids is 1. The normalized spacial score (nSPS) is 11.1. The monoisotopic (exact) mass is 574 g/mol. The molecule has 0 spiro atoms. The Morgan fingerprint density at radius 2 is 1.17 bits per heavy atom. The van der Waals surface area contributed by atoms with Crippen molar-refractivity contribution in [1.82, 2.24) is 9.97 Å². The maximum absolute atomic E-state index is 14.7. The number of rotatable bonds is 21. The predicted octanol–water partition coefficient (Wildman–Crippen LogP) is 10.9. The van der Waals surface area contributed by atoms with Gasteiger partial charge in [-0.3, -0.25) is 4.98 Å². The highest BCUT2D eigenvalue weighted by atomic mass is 19.1. The second-order valence-corrected chi connectivity index (χ2v) is 11.6. The zero-order valence-electron chi connectivity index (χ0n) is 26.0. The summed E-state index contributed by atoms with van der Waals surface area (Å²) in [5, 5.41) is 0.